The molecular formula is C18H23N5O5S. The van der Waals surface area contributed by atoms with Crippen molar-refractivity contribution in [2.75, 3.05) is 23.7 Å². The van der Waals surface area contributed by atoms with Gasteiger partial charge in [-0.2, -0.15) is 4.31 Å². The third-order valence-corrected chi connectivity index (χ3v) is 6.38. The van der Waals surface area contributed by atoms with Crippen molar-refractivity contribution in [3.05, 3.63) is 36.1 Å². The number of anilines is 2. The van der Waals surface area contributed by atoms with E-state index >= 15 is 0 Å². The minimum Gasteiger partial charge on any atom is -0.360 e. The predicted molar refractivity (Wildman–Crippen MR) is 106 cm³/mol. The van der Waals surface area contributed by atoms with Crippen molar-refractivity contribution in [3.8, 4) is 0 Å². The van der Waals surface area contributed by atoms with E-state index < -0.39 is 16.1 Å². The van der Waals surface area contributed by atoms with E-state index in [0.29, 0.717) is 43.2 Å². The van der Waals surface area contributed by atoms with Gasteiger partial charge in [-0.15, -0.1) is 0 Å². The third kappa shape index (κ3) is 5.33. The summed E-state index contributed by atoms with van der Waals surface area (Å²) < 4.78 is 31.9. The Balaban J connectivity index is 1.53. The molecule has 156 valence electrons. The van der Waals surface area contributed by atoms with Crippen LogP contribution in [0.15, 0.2) is 39.8 Å². The van der Waals surface area contributed by atoms with Crippen LogP contribution in [-0.2, 0) is 14.8 Å². The van der Waals surface area contributed by atoms with Crippen molar-refractivity contribution in [1.82, 2.24) is 14.8 Å². The Kier molecular flexibility index (Phi) is 6.18. The molecule has 0 aliphatic carbocycles. The highest BCUT2D eigenvalue weighted by Gasteiger charge is 2.30. The van der Waals surface area contributed by atoms with E-state index in [-0.39, 0.29) is 16.8 Å². The van der Waals surface area contributed by atoms with Crippen molar-refractivity contribution >= 4 is 33.5 Å². The molecule has 0 atom stereocenters. The monoisotopic (exact) mass is 421 g/mol. The first-order valence-corrected chi connectivity index (χ1v) is 10.6. The zero-order valence-electron chi connectivity index (χ0n) is 16.1. The van der Waals surface area contributed by atoms with Crippen LogP contribution in [0, 0.1) is 6.92 Å². The van der Waals surface area contributed by atoms with Crippen LogP contribution in [0.5, 0.6) is 0 Å². The maximum atomic E-state index is 12.8. The number of aromatic nitrogens is 1. The lowest BCUT2D eigenvalue weighted by Gasteiger charge is -2.31. The van der Waals surface area contributed by atoms with Crippen molar-refractivity contribution in [2.45, 2.75) is 37.6 Å². The first-order chi connectivity index (χ1) is 13.7. The summed E-state index contributed by atoms with van der Waals surface area (Å²) >= 11 is 0. The molecule has 11 heteroatoms. The molecule has 0 unspecified atom stereocenters. The number of nitrogens with one attached hydrogen (secondary N) is 3. The van der Waals surface area contributed by atoms with E-state index in [0.717, 1.165) is 0 Å². The zero-order chi connectivity index (χ0) is 21.0. The molecule has 3 amide bonds. The molecular weight excluding hydrogens is 398 g/mol. The van der Waals surface area contributed by atoms with E-state index in [1.807, 2.05) is 0 Å². The van der Waals surface area contributed by atoms with E-state index in [1.165, 1.54) is 23.4 Å². The Hall–Kier alpha value is -2.92. The van der Waals surface area contributed by atoms with Gasteiger partial charge in [0.1, 0.15) is 5.76 Å². The fourth-order valence-corrected chi connectivity index (χ4v) is 4.54. The van der Waals surface area contributed by atoms with Crippen LogP contribution in [0.25, 0.3) is 0 Å². The van der Waals surface area contributed by atoms with Crippen LogP contribution in [0.2, 0.25) is 0 Å². The molecule has 2 heterocycles. The van der Waals surface area contributed by atoms with Crippen LogP contribution >= 0.6 is 0 Å². The number of amides is 3. The molecule has 0 spiro atoms. The number of urea groups is 1. The second-order valence-electron chi connectivity index (χ2n) is 6.81. The lowest BCUT2D eigenvalue weighted by Crippen LogP contribution is -2.47. The fourth-order valence-electron chi connectivity index (χ4n) is 3.07. The SMILES string of the molecule is CC(=O)Nc1ccc(S(=O)(=O)N2CCC(NC(=O)Nc3cc(C)on3)CC2)cc1. The molecule has 0 radical (unpaired) electrons. The Morgan fingerprint density at radius 2 is 1.79 bits per heavy atom. The normalized spacial score (nSPS) is 15.7. The summed E-state index contributed by atoms with van der Waals surface area (Å²) in [5.74, 6) is 0.685. The van der Waals surface area contributed by atoms with Gasteiger partial charge in [-0.1, -0.05) is 5.16 Å². The van der Waals surface area contributed by atoms with Gasteiger partial charge in [0.05, 0.1) is 4.90 Å². The van der Waals surface area contributed by atoms with Crippen LogP contribution < -0.4 is 16.0 Å². The number of rotatable bonds is 5. The largest absolute Gasteiger partial charge is 0.360 e. The molecule has 2 aromatic rings. The van der Waals surface area contributed by atoms with Gasteiger partial charge in [0, 0.05) is 37.8 Å². The van der Waals surface area contributed by atoms with E-state index in [4.69, 9.17) is 4.52 Å². The highest BCUT2D eigenvalue weighted by atomic mass is 32.2. The first kappa shape index (κ1) is 20.8. The standard InChI is InChI=1S/C18H23N5O5S/c1-12-11-17(22-28-12)21-18(25)20-15-7-9-23(10-8-15)29(26,27)16-5-3-14(4-6-16)19-13(2)24/h3-6,11,15H,7-10H2,1-2H3,(H,19,24)(H2,20,21,22,25). The Morgan fingerprint density at radius 3 is 2.34 bits per heavy atom. The number of hydrogen-bond acceptors (Lipinski definition) is 6. The Labute approximate surface area is 168 Å². The molecule has 3 N–H and O–H groups in total. The molecule has 1 aliphatic heterocycles. The van der Waals surface area contributed by atoms with E-state index in [1.54, 1.807) is 25.1 Å². The van der Waals surface area contributed by atoms with Gasteiger partial charge in [-0.05, 0) is 44.0 Å². The summed E-state index contributed by atoms with van der Waals surface area (Å²) in [4.78, 5) is 23.3. The Bertz CT molecular complexity index is 978. The first-order valence-electron chi connectivity index (χ1n) is 9.12. The number of sulfonamides is 1. The number of nitrogens with zero attached hydrogens (tertiary/aromatic N) is 2. The quantitative estimate of drug-likeness (QED) is 0.675. The average Bonchev–Trinajstić information content (AvgIpc) is 3.06. The highest BCUT2D eigenvalue weighted by molar-refractivity contribution is 7.89. The molecule has 1 saturated heterocycles. The van der Waals surface area contributed by atoms with Crippen molar-refractivity contribution < 1.29 is 22.5 Å². The topological polar surface area (TPSA) is 134 Å². The van der Waals surface area contributed by atoms with Gasteiger partial charge >= 0.3 is 6.03 Å². The molecule has 10 nitrogen and oxygen atoms in total. The van der Waals surface area contributed by atoms with E-state index in [2.05, 4.69) is 21.1 Å². The summed E-state index contributed by atoms with van der Waals surface area (Å²) in [5.41, 5.74) is 0.535. The molecule has 29 heavy (non-hydrogen) atoms. The van der Waals surface area contributed by atoms with Gasteiger partial charge in [0.15, 0.2) is 5.82 Å². The number of carbonyl (C=O) groups is 2. The molecule has 0 bridgehead atoms. The van der Waals surface area contributed by atoms with Gasteiger partial charge in [0.25, 0.3) is 0 Å². The predicted octanol–water partition coefficient (Wildman–Crippen LogP) is 1.92. The molecule has 1 fully saturated rings. The number of aryl methyl sites for hydroxylation is 1. The van der Waals surface area contributed by atoms with Crippen molar-refractivity contribution in [2.24, 2.45) is 0 Å². The Morgan fingerprint density at radius 1 is 1.14 bits per heavy atom. The number of carbonyl (C=O) groups excluding carboxylic acids is 2. The molecule has 1 aromatic carbocycles. The minimum absolute atomic E-state index is 0.142. The molecule has 0 saturated carbocycles. The smallest absolute Gasteiger partial charge is 0.320 e. The third-order valence-electron chi connectivity index (χ3n) is 4.47. The lowest BCUT2D eigenvalue weighted by atomic mass is 10.1. The van der Waals surface area contributed by atoms with Crippen molar-refractivity contribution in [3.63, 3.8) is 0 Å². The van der Waals surface area contributed by atoms with Crippen LogP contribution in [0.1, 0.15) is 25.5 Å². The highest BCUT2D eigenvalue weighted by Crippen LogP contribution is 2.22. The summed E-state index contributed by atoms with van der Waals surface area (Å²) in [6.07, 6.45) is 0.989. The molecule has 1 aromatic heterocycles. The molecule has 3 rings (SSSR count). The van der Waals surface area contributed by atoms with Crippen LogP contribution in [0.4, 0.5) is 16.3 Å². The minimum atomic E-state index is -3.64. The average molecular weight is 421 g/mol. The summed E-state index contributed by atoms with van der Waals surface area (Å²) in [5, 5.41) is 11.7. The summed E-state index contributed by atoms with van der Waals surface area (Å²) in [6.45, 7) is 3.70. The lowest BCUT2D eigenvalue weighted by molar-refractivity contribution is -0.114. The van der Waals surface area contributed by atoms with E-state index in [9.17, 15) is 18.0 Å². The van der Waals surface area contributed by atoms with Crippen molar-refractivity contribution in [1.29, 1.82) is 0 Å². The van der Waals surface area contributed by atoms with Gasteiger partial charge in [0.2, 0.25) is 15.9 Å². The summed E-state index contributed by atoms with van der Waals surface area (Å²) in [6, 6.07) is 7.10. The second kappa shape index (κ2) is 8.62. The maximum Gasteiger partial charge on any atom is 0.320 e. The number of hydrogen-bond donors (Lipinski definition) is 3. The fraction of sp³-hybridized carbons (Fsp3) is 0.389. The maximum absolute atomic E-state index is 12.8. The van der Waals surface area contributed by atoms with Crippen LogP contribution in [-0.4, -0.2) is 48.9 Å². The van der Waals surface area contributed by atoms with Gasteiger partial charge in [-0.3, -0.25) is 10.1 Å². The zero-order valence-corrected chi connectivity index (χ0v) is 17.0. The number of piperidine rings is 1. The molecule has 1 aliphatic rings. The van der Waals surface area contributed by atoms with Gasteiger partial charge < -0.3 is 15.2 Å². The van der Waals surface area contributed by atoms with Gasteiger partial charge in [-0.25, -0.2) is 13.2 Å². The summed E-state index contributed by atoms with van der Waals surface area (Å²) in [7, 11) is -3.64. The second-order valence-corrected chi connectivity index (χ2v) is 8.74. The van der Waals surface area contributed by atoms with Crippen LogP contribution in [0.3, 0.4) is 0 Å². The number of benzene rings is 1.